The minimum Gasteiger partial charge on any atom is -0.507 e. The molecule has 2 rings (SSSR count). The van der Waals surface area contributed by atoms with Gasteiger partial charge in [-0.05, 0) is 57.8 Å². The Morgan fingerprint density at radius 3 is 2.43 bits per heavy atom. The maximum Gasteiger partial charge on any atom is 0.251 e. The van der Waals surface area contributed by atoms with Crippen molar-refractivity contribution in [1.29, 1.82) is 0 Å². The largest absolute Gasteiger partial charge is 0.507 e. The highest BCUT2D eigenvalue weighted by Gasteiger charge is 2.08. The summed E-state index contributed by atoms with van der Waals surface area (Å²) in [5.74, 6) is 0.447. The van der Waals surface area contributed by atoms with E-state index in [9.17, 15) is 9.90 Å². The van der Waals surface area contributed by atoms with Crippen LogP contribution in [0.15, 0.2) is 42.5 Å². The number of phenols is 1. The van der Waals surface area contributed by atoms with Crippen molar-refractivity contribution in [2.24, 2.45) is 0 Å². The Kier molecular flexibility index (Phi) is 5.22. The van der Waals surface area contributed by atoms with Gasteiger partial charge in [0.25, 0.3) is 5.91 Å². The van der Waals surface area contributed by atoms with Crippen LogP contribution in [0, 0.1) is 3.57 Å². The third-order valence-electron chi connectivity index (χ3n) is 3.31. The number of halogens is 1. The Hall–Kier alpha value is -1.56. The highest BCUT2D eigenvalue weighted by Crippen LogP contribution is 2.20. The van der Waals surface area contributed by atoms with Crippen LogP contribution in [0.3, 0.4) is 0 Å². The van der Waals surface area contributed by atoms with Crippen molar-refractivity contribution in [2.45, 2.75) is 26.3 Å². The quantitative estimate of drug-likeness (QED) is 0.768. The van der Waals surface area contributed by atoms with E-state index < -0.39 is 0 Å². The lowest BCUT2D eigenvalue weighted by Crippen LogP contribution is -2.22. The molecule has 0 spiro atoms. The highest BCUT2D eigenvalue weighted by molar-refractivity contribution is 14.1. The van der Waals surface area contributed by atoms with Crippen molar-refractivity contribution >= 4 is 28.5 Å². The van der Waals surface area contributed by atoms with Crippen molar-refractivity contribution < 1.29 is 9.90 Å². The molecule has 0 saturated carbocycles. The Bertz CT molecular complexity index is 636. The fraction of sp³-hybridized carbons (Fsp3) is 0.235. The van der Waals surface area contributed by atoms with Crippen molar-refractivity contribution in [3.05, 3.63) is 62.7 Å². The van der Waals surface area contributed by atoms with Gasteiger partial charge in [-0.3, -0.25) is 4.79 Å². The zero-order valence-corrected chi connectivity index (χ0v) is 14.2. The minimum atomic E-state index is -0.186. The first kappa shape index (κ1) is 15.8. The Labute approximate surface area is 138 Å². The summed E-state index contributed by atoms with van der Waals surface area (Å²) in [6.07, 6.45) is 0. The highest BCUT2D eigenvalue weighted by atomic mass is 127. The molecule has 0 aliphatic heterocycles. The summed E-state index contributed by atoms with van der Waals surface area (Å²) in [5, 5.41) is 12.5. The van der Waals surface area contributed by atoms with E-state index in [2.05, 4.69) is 31.3 Å². The Balaban J connectivity index is 1.98. The van der Waals surface area contributed by atoms with Crippen LogP contribution in [0.5, 0.6) is 5.75 Å². The third-order valence-corrected chi connectivity index (χ3v) is 4.22. The number of nitrogens with one attached hydrogen (secondary N) is 1. The summed E-state index contributed by atoms with van der Waals surface area (Å²) in [6, 6.07) is 13.1. The third kappa shape index (κ3) is 4.20. The summed E-state index contributed by atoms with van der Waals surface area (Å²) in [7, 11) is 0. The number of phenolic OH excluding ortho intramolecular Hbond substituents is 1. The SMILES string of the molecule is CC(C)c1ccc(CNC(=O)c2ccc(I)c(O)c2)cc1. The molecule has 2 aromatic rings. The number of carbonyl (C=O) groups excluding carboxylic acids is 1. The molecule has 0 aliphatic carbocycles. The Morgan fingerprint density at radius 2 is 1.86 bits per heavy atom. The van der Waals surface area contributed by atoms with E-state index in [1.54, 1.807) is 12.1 Å². The standard InChI is InChI=1S/C17H18INO2/c1-11(2)13-5-3-12(4-6-13)10-19-17(21)14-7-8-15(18)16(20)9-14/h3-9,11,20H,10H2,1-2H3,(H,19,21). The van der Waals surface area contributed by atoms with Gasteiger partial charge >= 0.3 is 0 Å². The fourth-order valence-corrected chi connectivity index (χ4v) is 2.29. The van der Waals surface area contributed by atoms with Crippen LogP contribution >= 0.6 is 22.6 Å². The molecule has 110 valence electrons. The van der Waals surface area contributed by atoms with Gasteiger partial charge < -0.3 is 10.4 Å². The fourth-order valence-electron chi connectivity index (χ4n) is 1.96. The summed E-state index contributed by atoms with van der Waals surface area (Å²) < 4.78 is 0.730. The topological polar surface area (TPSA) is 49.3 Å². The number of amides is 1. The van der Waals surface area contributed by atoms with Crippen LogP contribution in [0.1, 0.15) is 41.3 Å². The van der Waals surface area contributed by atoms with E-state index in [4.69, 9.17) is 0 Å². The molecule has 0 bridgehead atoms. The molecule has 1 amide bonds. The maximum absolute atomic E-state index is 12.0. The molecule has 2 aromatic carbocycles. The molecule has 0 atom stereocenters. The molecule has 0 unspecified atom stereocenters. The van der Waals surface area contributed by atoms with Gasteiger partial charge in [-0.1, -0.05) is 38.1 Å². The summed E-state index contributed by atoms with van der Waals surface area (Å²) >= 11 is 2.02. The second-order valence-electron chi connectivity index (χ2n) is 5.25. The van der Waals surface area contributed by atoms with Gasteiger partial charge in [-0.2, -0.15) is 0 Å². The lowest BCUT2D eigenvalue weighted by atomic mass is 10.0. The van der Waals surface area contributed by atoms with Gasteiger partial charge in [0.1, 0.15) is 5.75 Å². The number of carbonyl (C=O) groups is 1. The second-order valence-corrected chi connectivity index (χ2v) is 6.41. The van der Waals surface area contributed by atoms with Crippen LogP contribution in [0.25, 0.3) is 0 Å². The van der Waals surface area contributed by atoms with Gasteiger partial charge in [-0.15, -0.1) is 0 Å². The Morgan fingerprint density at radius 1 is 1.19 bits per heavy atom. The van der Waals surface area contributed by atoms with Crippen molar-refractivity contribution in [3.8, 4) is 5.75 Å². The van der Waals surface area contributed by atoms with E-state index in [0.717, 1.165) is 9.13 Å². The van der Waals surface area contributed by atoms with Gasteiger partial charge in [0.2, 0.25) is 0 Å². The summed E-state index contributed by atoms with van der Waals surface area (Å²) in [6.45, 7) is 4.78. The molecule has 0 radical (unpaired) electrons. The zero-order chi connectivity index (χ0) is 15.4. The first-order valence-electron chi connectivity index (χ1n) is 6.83. The maximum atomic E-state index is 12.0. The van der Waals surface area contributed by atoms with Crippen LogP contribution in [0.2, 0.25) is 0 Å². The van der Waals surface area contributed by atoms with Gasteiger partial charge in [0.05, 0.1) is 3.57 Å². The zero-order valence-electron chi connectivity index (χ0n) is 12.1. The molecule has 2 N–H and O–H groups in total. The van der Waals surface area contributed by atoms with E-state index in [-0.39, 0.29) is 11.7 Å². The average molecular weight is 395 g/mol. The second kappa shape index (κ2) is 6.93. The number of rotatable bonds is 4. The van der Waals surface area contributed by atoms with Crippen LogP contribution in [0.4, 0.5) is 0 Å². The lowest BCUT2D eigenvalue weighted by Gasteiger charge is -2.09. The molecular formula is C17H18INO2. The average Bonchev–Trinajstić information content (AvgIpc) is 2.48. The minimum absolute atomic E-state index is 0.129. The van der Waals surface area contributed by atoms with E-state index in [1.807, 2.05) is 34.7 Å². The number of aromatic hydroxyl groups is 1. The normalized spacial score (nSPS) is 10.7. The van der Waals surface area contributed by atoms with Gasteiger partial charge in [0.15, 0.2) is 0 Å². The van der Waals surface area contributed by atoms with Crippen LogP contribution in [-0.4, -0.2) is 11.0 Å². The van der Waals surface area contributed by atoms with Crippen molar-refractivity contribution in [1.82, 2.24) is 5.32 Å². The van der Waals surface area contributed by atoms with Crippen molar-refractivity contribution in [3.63, 3.8) is 0 Å². The summed E-state index contributed by atoms with van der Waals surface area (Å²) in [4.78, 5) is 12.0. The molecule has 0 fully saturated rings. The molecule has 3 nitrogen and oxygen atoms in total. The first-order valence-corrected chi connectivity index (χ1v) is 7.91. The predicted octanol–water partition coefficient (Wildman–Crippen LogP) is 4.05. The van der Waals surface area contributed by atoms with Gasteiger partial charge in [-0.25, -0.2) is 0 Å². The molecule has 0 saturated heterocycles. The molecular weight excluding hydrogens is 377 g/mol. The summed E-state index contributed by atoms with van der Waals surface area (Å²) in [5.41, 5.74) is 2.81. The number of hydrogen-bond donors (Lipinski definition) is 2. The van der Waals surface area contributed by atoms with E-state index in [1.165, 1.54) is 11.6 Å². The molecule has 0 heterocycles. The van der Waals surface area contributed by atoms with Crippen LogP contribution < -0.4 is 5.32 Å². The smallest absolute Gasteiger partial charge is 0.251 e. The van der Waals surface area contributed by atoms with Crippen molar-refractivity contribution in [2.75, 3.05) is 0 Å². The molecule has 4 heteroatoms. The molecule has 0 aliphatic rings. The molecule has 21 heavy (non-hydrogen) atoms. The molecule has 0 aromatic heterocycles. The monoisotopic (exact) mass is 395 g/mol. The van der Waals surface area contributed by atoms with Gasteiger partial charge in [0, 0.05) is 12.1 Å². The van der Waals surface area contributed by atoms with E-state index >= 15 is 0 Å². The van der Waals surface area contributed by atoms with Crippen LogP contribution in [-0.2, 0) is 6.54 Å². The predicted molar refractivity (Wildman–Crippen MR) is 92.5 cm³/mol. The number of hydrogen-bond acceptors (Lipinski definition) is 2. The lowest BCUT2D eigenvalue weighted by molar-refractivity contribution is 0.0950. The number of benzene rings is 2. The first-order chi connectivity index (χ1) is 9.97. The van der Waals surface area contributed by atoms with E-state index in [0.29, 0.717) is 18.0 Å².